The van der Waals surface area contributed by atoms with Gasteiger partial charge in [0.1, 0.15) is 0 Å². The number of nitrogens with two attached hydrogens (primary N) is 1. The van der Waals surface area contributed by atoms with Crippen LogP contribution in [0.15, 0.2) is 28.7 Å². The van der Waals surface area contributed by atoms with E-state index < -0.39 is 0 Å². The Kier molecular flexibility index (Phi) is 5.82. The normalized spacial score (nSPS) is 19.5. The monoisotopic (exact) mass is 325 g/mol. The predicted octanol–water partition coefficient (Wildman–Crippen LogP) is 2.48. The number of hydrogen-bond donors (Lipinski definition) is 1. The molecule has 0 spiro atoms. The average Bonchev–Trinajstić information content (AvgIpc) is 2.46. The van der Waals surface area contributed by atoms with Crippen molar-refractivity contribution < 1.29 is 0 Å². The molecule has 0 saturated carbocycles. The minimum atomic E-state index is 0.125. The van der Waals surface area contributed by atoms with Crippen molar-refractivity contribution in [2.45, 2.75) is 19.4 Å². The smallest absolute Gasteiger partial charge is 0.0318 e. The summed E-state index contributed by atoms with van der Waals surface area (Å²) in [6, 6.07) is 8.39. The summed E-state index contributed by atoms with van der Waals surface area (Å²) in [7, 11) is 0. The molecule has 1 aromatic carbocycles. The van der Waals surface area contributed by atoms with Crippen molar-refractivity contribution in [2.75, 3.05) is 39.3 Å². The van der Waals surface area contributed by atoms with Gasteiger partial charge in [-0.15, -0.1) is 0 Å². The molecule has 0 aromatic heterocycles. The van der Waals surface area contributed by atoms with E-state index in [9.17, 15) is 0 Å². The number of piperazine rings is 1. The lowest BCUT2D eigenvalue weighted by atomic mass is 10.0. The third-order valence-corrected chi connectivity index (χ3v) is 4.70. The highest BCUT2D eigenvalue weighted by atomic mass is 79.9. The van der Waals surface area contributed by atoms with Crippen LogP contribution in [0.2, 0.25) is 0 Å². The van der Waals surface area contributed by atoms with Gasteiger partial charge < -0.3 is 15.5 Å². The van der Waals surface area contributed by atoms with Crippen molar-refractivity contribution >= 4 is 15.9 Å². The maximum atomic E-state index is 6.30. The fraction of sp³-hybridized carbons (Fsp3) is 0.600. The van der Waals surface area contributed by atoms with Crippen LogP contribution in [-0.4, -0.2) is 49.1 Å². The van der Waals surface area contributed by atoms with Crippen LogP contribution in [0.5, 0.6) is 0 Å². The van der Waals surface area contributed by atoms with E-state index in [-0.39, 0.29) is 6.04 Å². The molecule has 0 aliphatic carbocycles. The molecule has 0 radical (unpaired) electrons. The molecule has 106 valence electrons. The van der Waals surface area contributed by atoms with Gasteiger partial charge in [0.25, 0.3) is 0 Å². The Morgan fingerprint density at radius 3 is 2.42 bits per heavy atom. The van der Waals surface area contributed by atoms with Gasteiger partial charge in [-0.3, -0.25) is 0 Å². The Balaban J connectivity index is 1.78. The van der Waals surface area contributed by atoms with Crippen molar-refractivity contribution in [3.05, 3.63) is 34.3 Å². The highest BCUT2D eigenvalue weighted by Gasteiger charge is 2.17. The lowest BCUT2D eigenvalue weighted by molar-refractivity contribution is 0.134. The molecule has 1 unspecified atom stereocenters. The molecular formula is C15H24BrN3. The fourth-order valence-corrected chi connectivity index (χ4v) is 3.16. The lowest BCUT2D eigenvalue weighted by Gasteiger charge is -2.34. The number of rotatable bonds is 5. The minimum Gasteiger partial charge on any atom is -0.324 e. The summed E-state index contributed by atoms with van der Waals surface area (Å²) >= 11 is 3.58. The SMILES string of the molecule is CCN1CCN(CCC(N)c2ccccc2Br)CC1. The van der Waals surface area contributed by atoms with E-state index >= 15 is 0 Å². The van der Waals surface area contributed by atoms with E-state index in [1.165, 1.54) is 38.3 Å². The molecule has 1 aromatic rings. The standard InChI is InChI=1S/C15H24BrN3/c1-2-18-9-11-19(12-10-18)8-7-15(17)13-5-3-4-6-14(13)16/h3-6,15H,2,7-12,17H2,1H3. The molecule has 2 rings (SSSR count). The molecule has 1 aliphatic heterocycles. The van der Waals surface area contributed by atoms with Crippen LogP contribution in [0.4, 0.5) is 0 Å². The molecule has 1 atom stereocenters. The number of benzene rings is 1. The molecule has 1 saturated heterocycles. The molecular weight excluding hydrogens is 302 g/mol. The largest absolute Gasteiger partial charge is 0.324 e. The molecule has 2 N–H and O–H groups in total. The van der Waals surface area contributed by atoms with Crippen LogP contribution >= 0.6 is 15.9 Å². The van der Waals surface area contributed by atoms with Crippen molar-refractivity contribution in [2.24, 2.45) is 5.73 Å². The number of halogens is 1. The summed E-state index contributed by atoms with van der Waals surface area (Å²) in [5.74, 6) is 0. The molecule has 3 nitrogen and oxygen atoms in total. The summed E-state index contributed by atoms with van der Waals surface area (Å²) < 4.78 is 1.12. The number of nitrogens with zero attached hydrogens (tertiary/aromatic N) is 2. The maximum absolute atomic E-state index is 6.30. The third-order valence-electron chi connectivity index (χ3n) is 3.97. The van der Waals surface area contributed by atoms with Crippen LogP contribution < -0.4 is 5.73 Å². The summed E-state index contributed by atoms with van der Waals surface area (Å²) in [5, 5.41) is 0. The quantitative estimate of drug-likeness (QED) is 0.902. The van der Waals surface area contributed by atoms with Crippen LogP contribution in [-0.2, 0) is 0 Å². The average molecular weight is 326 g/mol. The van der Waals surface area contributed by atoms with Crippen LogP contribution in [0.25, 0.3) is 0 Å². The molecule has 0 bridgehead atoms. The van der Waals surface area contributed by atoms with Crippen molar-refractivity contribution in [3.8, 4) is 0 Å². The topological polar surface area (TPSA) is 32.5 Å². The Morgan fingerprint density at radius 2 is 1.79 bits per heavy atom. The van der Waals surface area contributed by atoms with Crippen molar-refractivity contribution in [1.29, 1.82) is 0 Å². The van der Waals surface area contributed by atoms with Gasteiger partial charge in [0.2, 0.25) is 0 Å². The van der Waals surface area contributed by atoms with E-state index in [4.69, 9.17) is 5.73 Å². The first kappa shape index (κ1) is 15.0. The van der Waals surface area contributed by atoms with Gasteiger partial charge in [0, 0.05) is 43.2 Å². The Hall–Kier alpha value is -0.420. The van der Waals surface area contributed by atoms with Crippen molar-refractivity contribution in [1.82, 2.24) is 9.80 Å². The van der Waals surface area contributed by atoms with Gasteiger partial charge in [-0.2, -0.15) is 0 Å². The molecule has 0 amide bonds. The zero-order valence-corrected chi connectivity index (χ0v) is 13.3. The highest BCUT2D eigenvalue weighted by Crippen LogP contribution is 2.23. The minimum absolute atomic E-state index is 0.125. The number of likely N-dealkylation sites (N-methyl/N-ethyl adjacent to an activating group) is 1. The predicted molar refractivity (Wildman–Crippen MR) is 84.2 cm³/mol. The number of hydrogen-bond acceptors (Lipinski definition) is 3. The van der Waals surface area contributed by atoms with Crippen LogP contribution in [0, 0.1) is 0 Å². The molecule has 1 aliphatic rings. The lowest BCUT2D eigenvalue weighted by Crippen LogP contribution is -2.46. The first-order chi connectivity index (χ1) is 9.20. The van der Waals surface area contributed by atoms with Crippen molar-refractivity contribution in [3.63, 3.8) is 0 Å². The molecule has 19 heavy (non-hydrogen) atoms. The third kappa shape index (κ3) is 4.28. The van der Waals surface area contributed by atoms with E-state index in [2.05, 4.69) is 50.9 Å². The van der Waals surface area contributed by atoms with Gasteiger partial charge >= 0.3 is 0 Å². The van der Waals surface area contributed by atoms with E-state index in [0.29, 0.717) is 0 Å². The zero-order valence-electron chi connectivity index (χ0n) is 11.7. The van der Waals surface area contributed by atoms with E-state index in [1.54, 1.807) is 0 Å². The van der Waals surface area contributed by atoms with Gasteiger partial charge in [0.05, 0.1) is 0 Å². The zero-order chi connectivity index (χ0) is 13.7. The first-order valence-electron chi connectivity index (χ1n) is 7.15. The molecule has 1 heterocycles. The van der Waals surface area contributed by atoms with Crippen LogP contribution in [0.3, 0.4) is 0 Å². The maximum Gasteiger partial charge on any atom is 0.0318 e. The van der Waals surface area contributed by atoms with Gasteiger partial charge in [-0.05, 0) is 24.6 Å². The second-order valence-electron chi connectivity index (χ2n) is 5.19. The summed E-state index contributed by atoms with van der Waals surface area (Å²) in [6.07, 6.45) is 1.02. The highest BCUT2D eigenvalue weighted by molar-refractivity contribution is 9.10. The van der Waals surface area contributed by atoms with E-state index in [1.807, 2.05) is 6.07 Å². The summed E-state index contributed by atoms with van der Waals surface area (Å²) in [5.41, 5.74) is 7.52. The summed E-state index contributed by atoms with van der Waals surface area (Å²) in [4.78, 5) is 5.03. The Labute approximate surface area is 124 Å². The van der Waals surface area contributed by atoms with Gasteiger partial charge in [-0.1, -0.05) is 41.1 Å². The molecule has 1 fully saturated rings. The molecule has 4 heteroatoms. The Bertz CT molecular complexity index is 389. The first-order valence-corrected chi connectivity index (χ1v) is 7.94. The Morgan fingerprint density at radius 1 is 1.16 bits per heavy atom. The second kappa shape index (κ2) is 7.39. The summed E-state index contributed by atoms with van der Waals surface area (Å²) in [6.45, 7) is 9.25. The van der Waals surface area contributed by atoms with E-state index in [0.717, 1.165) is 17.4 Å². The van der Waals surface area contributed by atoms with Gasteiger partial charge in [-0.25, -0.2) is 0 Å². The fourth-order valence-electron chi connectivity index (χ4n) is 2.58. The second-order valence-corrected chi connectivity index (χ2v) is 6.05. The van der Waals surface area contributed by atoms with Crippen LogP contribution in [0.1, 0.15) is 24.9 Å². The van der Waals surface area contributed by atoms with Gasteiger partial charge in [0.15, 0.2) is 0 Å².